The molecule has 1 aromatic rings. The fraction of sp³-hybridized carbons (Fsp3) is 0.583. The number of hydrogen-bond acceptors (Lipinski definition) is 4. The quantitative estimate of drug-likeness (QED) is 0.804. The van der Waals surface area contributed by atoms with E-state index in [0.717, 1.165) is 43.0 Å². The summed E-state index contributed by atoms with van der Waals surface area (Å²) in [4.78, 5) is 6.65. The van der Waals surface area contributed by atoms with Gasteiger partial charge in [0.1, 0.15) is 5.82 Å². The van der Waals surface area contributed by atoms with Crippen LogP contribution >= 0.6 is 0 Å². The zero-order valence-corrected chi connectivity index (χ0v) is 9.69. The summed E-state index contributed by atoms with van der Waals surface area (Å²) in [6.07, 6.45) is 3.85. The zero-order chi connectivity index (χ0) is 11.5. The van der Waals surface area contributed by atoms with Gasteiger partial charge < -0.3 is 15.7 Å². The summed E-state index contributed by atoms with van der Waals surface area (Å²) >= 11 is 0. The number of anilines is 2. The fourth-order valence-corrected chi connectivity index (χ4v) is 2.16. The minimum Gasteiger partial charge on any atom is -0.398 e. The zero-order valence-electron chi connectivity index (χ0n) is 9.69. The van der Waals surface area contributed by atoms with Crippen molar-refractivity contribution in [3.63, 3.8) is 0 Å². The molecule has 1 fully saturated rings. The summed E-state index contributed by atoms with van der Waals surface area (Å²) < 4.78 is 0. The van der Waals surface area contributed by atoms with E-state index in [-0.39, 0.29) is 6.61 Å². The number of aliphatic hydroxyl groups is 1. The molecule has 2 heterocycles. The van der Waals surface area contributed by atoms with Gasteiger partial charge in [-0.25, -0.2) is 4.98 Å². The minimum absolute atomic E-state index is 0.280. The molecular weight excluding hydrogens is 202 g/mol. The molecule has 0 radical (unpaired) electrons. The number of nitrogens with two attached hydrogens (primary N) is 1. The topological polar surface area (TPSA) is 62.4 Å². The van der Waals surface area contributed by atoms with E-state index in [1.54, 1.807) is 0 Å². The first-order chi connectivity index (χ1) is 7.70. The Morgan fingerprint density at radius 1 is 1.62 bits per heavy atom. The maximum atomic E-state index is 8.91. The van der Waals surface area contributed by atoms with Crippen LogP contribution in [-0.4, -0.2) is 29.8 Å². The molecule has 4 heteroatoms. The molecule has 3 N–H and O–H groups in total. The van der Waals surface area contributed by atoms with Crippen LogP contribution in [0.25, 0.3) is 0 Å². The maximum Gasteiger partial charge on any atom is 0.130 e. The first-order valence-electron chi connectivity index (χ1n) is 5.78. The SMILES string of the molecule is Cc1cnc(N2CCC(CCO)C2)cc1N. The molecular formula is C12H19N3O. The van der Waals surface area contributed by atoms with E-state index in [1.807, 2.05) is 19.2 Å². The number of nitrogen functional groups attached to an aromatic ring is 1. The minimum atomic E-state index is 0.280. The Balaban J connectivity index is 2.05. The van der Waals surface area contributed by atoms with Crippen LogP contribution < -0.4 is 10.6 Å². The van der Waals surface area contributed by atoms with Crippen molar-refractivity contribution < 1.29 is 5.11 Å². The largest absolute Gasteiger partial charge is 0.398 e. The molecule has 0 aliphatic carbocycles. The van der Waals surface area contributed by atoms with E-state index in [4.69, 9.17) is 10.8 Å². The van der Waals surface area contributed by atoms with Crippen molar-refractivity contribution in [3.8, 4) is 0 Å². The fourth-order valence-electron chi connectivity index (χ4n) is 2.16. The van der Waals surface area contributed by atoms with E-state index in [0.29, 0.717) is 5.92 Å². The highest BCUT2D eigenvalue weighted by Crippen LogP contribution is 2.25. The number of nitrogens with zero attached hydrogens (tertiary/aromatic N) is 2. The molecule has 1 atom stereocenters. The number of aliphatic hydroxyl groups excluding tert-OH is 1. The predicted molar refractivity (Wildman–Crippen MR) is 65.4 cm³/mol. The molecule has 4 nitrogen and oxygen atoms in total. The van der Waals surface area contributed by atoms with Gasteiger partial charge in [0, 0.05) is 37.6 Å². The first-order valence-corrected chi connectivity index (χ1v) is 5.78. The van der Waals surface area contributed by atoms with Crippen molar-refractivity contribution in [2.45, 2.75) is 19.8 Å². The van der Waals surface area contributed by atoms with Crippen LogP contribution in [-0.2, 0) is 0 Å². The van der Waals surface area contributed by atoms with E-state index < -0.39 is 0 Å². The second-order valence-corrected chi connectivity index (χ2v) is 4.51. The van der Waals surface area contributed by atoms with Crippen LogP contribution in [0.2, 0.25) is 0 Å². The molecule has 88 valence electrons. The molecule has 16 heavy (non-hydrogen) atoms. The Morgan fingerprint density at radius 3 is 3.12 bits per heavy atom. The molecule has 1 unspecified atom stereocenters. The summed E-state index contributed by atoms with van der Waals surface area (Å²) in [6, 6.07) is 1.94. The monoisotopic (exact) mass is 221 g/mol. The van der Waals surface area contributed by atoms with Crippen molar-refractivity contribution in [3.05, 3.63) is 17.8 Å². The molecule has 0 aromatic carbocycles. The number of hydrogen-bond donors (Lipinski definition) is 2. The highest BCUT2D eigenvalue weighted by molar-refractivity contribution is 5.55. The molecule has 1 aliphatic heterocycles. The Hall–Kier alpha value is -1.29. The lowest BCUT2D eigenvalue weighted by Crippen LogP contribution is -2.21. The highest BCUT2D eigenvalue weighted by Gasteiger charge is 2.23. The van der Waals surface area contributed by atoms with E-state index in [1.165, 1.54) is 0 Å². The third-order valence-electron chi connectivity index (χ3n) is 3.28. The van der Waals surface area contributed by atoms with Gasteiger partial charge in [-0.05, 0) is 31.2 Å². The van der Waals surface area contributed by atoms with Crippen molar-refractivity contribution in [1.82, 2.24) is 4.98 Å². The lowest BCUT2D eigenvalue weighted by molar-refractivity contribution is 0.263. The predicted octanol–water partition coefficient (Wildman–Crippen LogP) is 1.18. The Bertz CT molecular complexity index is 367. The number of pyridine rings is 1. The summed E-state index contributed by atoms with van der Waals surface area (Å²) in [5.41, 5.74) is 7.70. The Labute approximate surface area is 96.1 Å². The highest BCUT2D eigenvalue weighted by atomic mass is 16.3. The molecule has 1 aromatic heterocycles. The van der Waals surface area contributed by atoms with Gasteiger partial charge in [-0.3, -0.25) is 0 Å². The molecule has 1 saturated heterocycles. The van der Waals surface area contributed by atoms with Crippen molar-refractivity contribution >= 4 is 11.5 Å². The van der Waals surface area contributed by atoms with Crippen LogP contribution in [0.3, 0.4) is 0 Å². The molecule has 0 amide bonds. The van der Waals surface area contributed by atoms with Gasteiger partial charge in [-0.2, -0.15) is 0 Å². The van der Waals surface area contributed by atoms with Crippen LogP contribution in [0, 0.1) is 12.8 Å². The van der Waals surface area contributed by atoms with E-state index in [2.05, 4.69) is 9.88 Å². The van der Waals surface area contributed by atoms with Crippen LogP contribution in [0.5, 0.6) is 0 Å². The standard InChI is InChI=1S/C12H19N3O/c1-9-7-14-12(6-11(9)13)15-4-2-10(8-15)3-5-16/h6-7,10,16H,2-5,8H2,1H3,(H2,13,14). The molecule has 0 saturated carbocycles. The van der Waals surface area contributed by atoms with Gasteiger partial charge in [-0.15, -0.1) is 0 Å². The van der Waals surface area contributed by atoms with Crippen LogP contribution in [0.15, 0.2) is 12.3 Å². The van der Waals surface area contributed by atoms with E-state index >= 15 is 0 Å². The number of rotatable bonds is 3. The molecule has 0 spiro atoms. The van der Waals surface area contributed by atoms with Crippen molar-refractivity contribution in [2.24, 2.45) is 5.92 Å². The first kappa shape index (κ1) is 11.2. The molecule has 1 aliphatic rings. The average molecular weight is 221 g/mol. The second kappa shape index (κ2) is 4.70. The summed E-state index contributed by atoms with van der Waals surface area (Å²) in [5, 5.41) is 8.91. The third kappa shape index (κ3) is 2.27. The van der Waals surface area contributed by atoms with Gasteiger partial charge in [0.25, 0.3) is 0 Å². The van der Waals surface area contributed by atoms with Crippen molar-refractivity contribution in [1.29, 1.82) is 0 Å². The van der Waals surface area contributed by atoms with Gasteiger partial charge in [0.05, 0.1) is 0 Å². The van der Waals surface area contributed by atoms with Gasteiger partial charge >= 0.3 is 0 Å². The van der Waals surface area contributed by atoms with Gasteiger partial charge in [-0.1, -0.05) is 0 Å². The third-order valence-corrected chi connectivity index (χ3v) is 3.28. The van der Waals surface area contributed by atoms with Crippen LogP contribution in [0.1, 0.15) is 18.4 Å². The average Bonchev–Trinajstić information content (AvgIpc) is 2.71. The van der Waals surface area contributed by atoms with Crippen molar-refractivity contribution in [2.75, 3.05) is 30.3 Å². The Morgan fingerprint density at radius 2 is 2.44 bits per heavy atom. The lowest BCUT2D eigenvalue weighted by atomic mass is 10.1. The summed E-state index contributed by atoms with van der Waals surface area (Å²) in [6.45, 7) is 4.24. The Kier molecular flexibility index (Phi) is 3.29. The molecule has 0 bridgehead atoms. The maximum absolute atomic E-state index is 8.91. The summed E-state index contributed by atoms with van der Waals surface area (Å²) in [5.74, 6) is 1.55. The second-order valence-electron chi connectivity index (χ2n) is 4.51. The molecule has 2 rings (SSSR count). The smallest absolute Gasteiger partial charge is 0.130 e. The lowest BCUT2D eigenvalue weighted by Gasteiger charge is -2.18. The van der Waals surface area contributed by atoms with E-state index in [9.17, 15) is 0 Å². The normalized spacial score (nSPS) is 20.4. The van der Waals surface area contributed by atoms with Crippen LogP contribution in [0.4, 0.5) is 11.5 Å². The number of aromatic nitrogens is 1. The number of aryl methyl sites for hydroxylation is 1. The van der Waals surface area contributed by atoms with Gasteiger partial charge in [0.2, 0.25) is 0 Å². The van der Waals surface area contributed by atoms with Gasteiger partial charge in [0.15, 0.2) is 0 Å². The summed E-state index contributed by atoms with van der Waals surface area (Å²) in [7, 11) is 0.